The molecular weight excluding hydrogens is 653 g/mol. The molecule has 0 saturated carbocycles. The number of aryl methyl sites for hydroxylation is 3. The number of carbonyl (C=O) groups excluding carboxylic acids is 1. The molecule has 15 heteroatoms. The molecule has 0 amide bonds. The Bertz CT molecular complexity index is 1660. The molecule has 0 aliphatic carbocycles. The van der Waals surface area contributed by atoms with Crippen LogP contribution in [0.4, 0.5) is 13.2 Å². The molecule has 264 valence electrons. The number of rotatable bonds is 19. The van der Waals surface area contributed by atoms with Crippen molar-refractivity contribution in [2.75, 3.05) is 26.2 Å². The van der Waals surface area contributed by atoms with Gasteiger partial charge in [0.05, 0.1) is 13.1 Å². The second-order valence-corrected chi connectivity index (χ2v) is 11.5. The minimum absolute atomic E-state index is 0.0266. The fourth-order valence-electron chi connectivity index (χ4n) is 5.06. The smallest absolute Gasteiger partial charge is 0.317 e. The van der Waals surface area contributed by atoms with Crippen molar-refractivity contribution in [3.05, 3.63) is 87.7 Å². The summed E-state index contributed by atoms with van der Waals surface area (Å²) in [5.74, 6) is -9.85. The number of phenolic OH excluding ortho intramolecular Hbond substituents is 2. The number of phenols is 2. The van der Waals surface area contributed by atoms with E-state index in [2.05, 4.69) is 0 Å². The van der Waals surface area contributed by atoms with Crippen LogP contribution < -0.4 is 4.74 Å². The third-order valence-electron chi connectivity index (χ3n) is 7.51. The maximum Gasteiger partial charge on any atom is 0.317 e. The number of ether oxygens (including phenoxy) is 1. The van der Waals surface area contributed by atoms with Crippen LogP contribution >= 0.6 is 0 Å². The number of hydrogen-bond acceptors (Lipinski definition) is 9. The number of carboxylic acids is 3. The largest absolute Gasteiger partial charge is 0.508 e. The fourth-order valence-corrected chi connectivity index (χ4v) is 5.06. The van der Waals surface area contributed by atoms with Gasteiger partial charge in [-0.2, -0.15) is 4.39 Å². The van der Waals surface area contributed by atoms with Crippen LogP contribution in [0.5, 0.6) is 17.2 Å². The number of aliphatic carboxylic acids is 3. The van der Waals surface area contributed by atoms with Crippen LogP contribution in [0.15, 0.2) is 42.5 Å². The standard InChI is InChI=1S/C34H37F3N2O10/c1-20-13-25(35)33(37)34(32(20)36)49-31(48)4-2-3-21-5-8-26(40)23(14-21)16-38(18-29(44)45)11-12-39(19-30(46)47)17-24-15-22(6-9-27(24)41)7-10-28(42)43/h5-6,8-9,13-15,40-41H,2-4,7,10-12,16-19H2,1H3,(H,42,43)(H,44,45)(H,46,47). The maximum absolute atomic E-state index is 14.2. The predicted molar refractivity (Wildman–Crippen MR) is 168 cm³/mol. The quantitative estimate of drug-likeness (QED) is 0.0686. The highest BCUT2D eigenvalue weighted by Gasteiger charge is 2.22. The Hall–Kier alpha value is -5.15. The van der Waals surface area contributed by atoms with Gasteiger partial charge in [-0.1, -0.05) is 24.3 Å². The van der Waals surface area contributed by atoms with Gasteiger partial charge < -0.3 is 30.3 Å². The van der Waals surface area contributed by atoms with Crippen molar-refractivity contribution in [1.29, 1.82) is 0 Å². The minimum atomic E-state index is -1.61. The zero-order chi connectivity index (χ0) is 36.2. The summed E-state index contributed by atoms with van der Waals surface area (Å²) in [5.41, 5.74) is 1.75. The molecular formula is C34H37F3N2O10. The Kier molecular flexibility index (Phi) is 13.9. The van der Waals surface area contributed by atoms with Gasteiger partial charge >= 0.3 is 23.9 Å². The lowest BCUT2D eigenvalue weighted by atomic mass is 10.0. The fraction of sp³-hybridized carbons (Fsp3) is 0.353. The SMILES string of the molecule is Cc1cc(F)c(F)c(OC(=O)CCCc2ccc(O)c(CN(CCN(CC(=O)O)Cc3cc(CCC(=O)O)ccc3O)CC(=O)O)c2)c1F. The van der Waals surface area contributed by atoms with Crippen molar-refractivity contribution >= 4 is 23.9 Å². The van der Waals surface area contributed by atoms with E-state index >= 15 is 0 Å². The van der Waals surface area contributed by atoms with Gasteiger partial charge in [0, 0.05) is 50.1 Å². The zero-order valence-corrected chi connectivity index (χ0v) is 26.6. The van der Waals surface area contributed by atoms with Gasteiger partial charge in [-0.25, -0.2) is 8.78 Å². The Labute approximate surface area is 279 Å². The molecule has 49 heavy (non-hydrogen) atoms. The molecule has 12 nitrogen and oxygen atoms in total. The highest BCUT2D eigenvalue weighted by atomic mass is 19.2. The molecule has 0 aliphatic heterocycles. The van der Waals surface area contributed by atoms with E-state index in [1.807, 2.05) is 0 Å². The van der Waals surface area contributed by atoms with Crippen LogP contribution in [0.1, 0.15) is 47.1 Å². The molecule has 0 aromatic heterocycles. The van der Waals surface area contributed by atoms with E-state index in [1.165, 1.54) is 28.9 Å². The van der Waals surface area contributed by atoms with Gasteiger partial charge in [-0.05, 0) is 61.1 Å². The van der Waals surface area contributed by atoms with Gasteiger partial charge in [0.1, 0.15) is 11.5 Å². The molecule has 0 spiro atoms. The maximum atomic E-state index is 14.2. The molecule has 0 unspecified atom stereocenters. The first-order valence-corrected chi connectivity index (χ1v) is 15.2. The number of halogens is 3. The second kappa shape index (κ2) is 17.8. The Morgan fingerprint density at radius 2 is 1.20 bits per heavy atom. The lowest BCUT2D eigenvalue weighted by Crippen LogP contribution is -2.39. The zero-order valence-electron chi connectivity index (χ0n) is 26.6. The lowest BCUT2D eigenvalue weighted by molar-refractivity contribution is -0.140. The molecule has 0 aliphatic rings. The summed E-state index contributed by atoms with van der Waals surface area (Å²) < 4.78 is 46.5. The van der Waals surface area contributed by atoms with Crippen molar-refractivity contribution in [3.63, 3.8) is 0 Å². The summed E-state index contributed by atoms with van der Waals surface area (Å²) in [6, 6.07) is 9.76. The number of hydrogen-bond donors (Lipinski definition) is 5. The number of nitrogens with zero attached hydrogens (tertiary/aromatic N) is 2. The molecule has 3 aromatic rings. The highest BCUT2D eigenvalue weighted by Crippen LogP contribution is 2.28. The van der Waals surface area contributed by atoms with E-state index in [1.54, 1.807) is 24.3 Å². The van der Waals surface area contributed by atoms with Crippen molar-refractivity contribution in [1.82, 2.24) is 9.80 Å². The molecule has 0 heterocycles. The lowest BCUT2D eigenvalue weighted by Gasteiger charge is -2.26. The topological polar surface area (TPSA) is 185 Å². The molecule has 3 aromatic carbocycles. The Morgan fingerprint density at radius 3 is 1.69 bits per heavy atom. The average molecular weight is 691 g/mol. The van der Waals surface area contributed by atoms with E-state index in [0.717, 1.165) is 0 Å². The van der Waals surface area contributed by atoms with Crippen molar-refractivity contribution < 1.29 is 62.6 Å². The van der Waals surface area contributed by atoms with Crippen LogP contribution in [0.2, 0.25) is 0 Å². The molecule has 3 rings (SSSR count). The van der Waals surface area contributed by atoms with E-state index in [4.69, 9.17) is 9.84 Å². The van der Waals surface area contributed by atoms with Crippen LogP contribution in [0, 0.1) is 24.4 Å². The van der Waals surface area contributed by atoms with Crippen LogP contribution in [0.25, 0.3) is 0 Å². The number of carbonyl (C=O) groups is 4. The first kappa shape index (κ1) is 38.3. The predicted octanol–water partition coefficient (Wildman–Crippen LogP) is 4.24. The number of esters is 1. The molecule has 0 radical (unpaired) electrons. The monoisotopic (exact) mass is 690 g/mol. The molecule has 0 fully saturated rings. The first-order chi connectivity index (χ1) is 23.1. The number of aromatic hydroxyl groups is 2. The van der Waals surface area contributed by atoms with Crippen molar-refractivity contribution in [3.8, 4) is 17.2 Å². The summed E-state index contributed by atoms with van der Waals surface area (Å²) in [5, 5.41) is 48.9. The molecule has 5 N–H and O–H groups in total. The highest BCUT2D eigenvalue weighted by molar-refractivity contribution is 5.72. The summed E-state index contributed by atoms with van der Waals surface area (Å²) in [4.78, 5) is 49.4. The molecule has 0 saturated heterocycles. The third-order valence-corrected chi connectivity index (χ3v) is 7.51. The summed E-state index contributed by atoms with van der Waals surface area (Å²) in [6.07, 6.45) is 0.221. The average Bonchev–Trinajstić information content (AvgIpc) is 3.02. The normalized spacial score (nSPS) is 11.2. The van der Waals surface area contributed by atoms with E-state index in [0.29, 0.717) is 28.3 Å². The van der Waals surface area contributed by atoms with E-state index in [9.17, 15) is 52.8 Å². The van der Waals surface area contributed by atoms with Gasteiger partial charge in [0.2, 0.25) is 11.6 Å². The minimum Gasteiger partial charge on any atom is -0.508 e. The van der Waals surface area contributed by atoms with E-state index < -0.39 is 60.2 Å². The van der Waals surface area contributed by atoms with E-state index in [-0.39, 0.29) is 75.3 Å². The first-order valence-electron chi connectivity index (χ1n) is 15.2. The van der Waals surface area contributed by atoms with Crippen molar-refractivity contribution in [2.45, 2.75) is 52.1 Å². The summed E-state index contributed by atoms with van der Waals surface area (Å²) >= 11 is 0. The van der Waals surface area contributed by atoms with Crippen LogP contribution in [-0.2, 0) is 45.1 Å². The summed E-state index contributed by atoms with van der Waals surface area (Å²) in [7, 11) is 0. The Balaban J connectivity index is 1.66. The van der Waals surface area contributed by atoms with Crippen LogP contribution in [-0.4, -0.2) is 85.4 Å². The number of carboxylic acid groups (broad SMARTS) is 3. The second-order valence-electron chi connectivity index (χ2n) is 11.5. The van der Waals surface area contributed by atoms with Crippen molar-refractivity contribution in [2.24, 2.45) is 0 Å². The number of benzene rings is 3. The van der Waals surface area contributed by atoms with Gasteiger partial charge in [-0.3, -0.25) is 29.0 Å². The molecule has 0 bridgehead atoms. The molecule has 0 atom stereocenters. The summed E-state index contributed by atoms with van der Waals surface area (Å²) in [6.45, 7) is 0.304. The van der Waals surface area contributed by atoms with Gasteiger partial charge in [0.15, 0.2) is 11.6 Å². The third kappa shape index (κ3) is 12.1. The Morgan fingerprint density at radius 1 is 0.694 bits per heavy atom. The van der Waals surface area contributed by atoms with Gasteiger partial charge in [0.25, 0.3) is 0 Å². The van der Waals surface area contributed by atoms with Crippen LogP contribution in [0.3, 0.4) is 0 Å². The van der Waals surface area contributed by atoms with Gasteiger partial charge in [-0.15, -0.1) is 0 Å².